The second kappa shape index (κ2) is 9.42. The van der Waals surface area contributed by atoms with Crippen molar-refractivity contribution in [1.82, 2.24) is 10.3 Å². The predicted octanol–water partition coefficient (Wildman–Crippen LogP) is 3.42. The number of nitrogens with zero attached hydrogens (tertiary/aromatic N) is 1. The lowest BCUT2D eigenvalue weighted by Crippen LogP contribution is -2.44. The Bertz CT molecular complexity index is 562. The van der Waals surface area contributed by atoms with Crippen molar-refractivity contribution >= 4 is 35.0 Å². The predicted molar refractivity (Wildman–Crippen MR) is 97.3 cm³/mol. The summed E-state index contributed by atoms with van der Waals surface area (Å²) in [4.78, 5) is 28.3. The zero-order valence-corrected chi connectivity index (χ0v) is 16.2. The highest BCUT2D eigenvalue weighted by Crippen LogP contribution is 2.28. The van der Waals surface area contributed by atoms with E-state index < -0.39 is 0 Å². The maximum absolute atomic E-state index is 12.4. The van der Waals surface area contributed by atoms with Gasteiger partial charge < -0.3 is 10.1 Å². The molecule has 1 fully saturated rings. The minimum Gasteiger partial charge on any atom is -0.466 e. The smallest absolute Gasteiger partial charge is 0.311 e. The fraction of sp³-hybridized carbons (Fsp3) is 0.706. The molecule has 7 heteroatoms. The number of carbonyl (C=O) groups is 2. The Morgan fingerprint density at radius 1 is 1.46 bits per heavy atom. The fourth-order valence-electron chi connectivity index (χ4n) is 2.82. The van der Waals surface area contributed by atoms with Gasteiger partial charge in [0.2, 0.25) is 5.91 Å². The summed E-state index contributed by atoms with van der Waals surface area (Å²) >= 11 is 2.91. The first-order chi connectivity index (χ1) is 11.5. The fourth-order valence-corrected chi connectivity index (χ4v) is 4.81. The summed E-state index contributed by atoms with van der Waals surface area (Å²) in [6, 6.07) is 0.296. The Balaban J connectivity index is 1.82. The van der Waals surface area contributed by atoms with Crippen molar-refractivity contribution in [3.8, 4) is 0 Å². The minimum atomic E-state index is -0.267. The van der Waals surface area contributed by atoms with Crippen LogP contribution in [-0.4, -0.2) is 34.8 Å². The summed E-state index contributed by atoms with van der Waals surface area (Å²) in [5.74, 6) is 0.355. The number of thiazole rings is 1. The highest BCUT2D eigenvalue weighted by molar-refractivity contribution is 8.02. The molecule has 24 heavy (non-hydrogen) atoms. The summed E-state index contributed by atoms with van der Waals surface area (Å²) in [6.45, 7) is 6.28. The Kier molecular flexibility index (Phi) is 7.55. The van der Waals surface area contributed by atoms with Gasteiger partial charge in [-0.2, -0.15) is 0 Å². The van der Waals surface area contributed by atoms with Crippen LogP contribution in [0.3, 0.4) is 0 Å². The molecule has 0 unspecified atom stereocenters. The summed E-state index contributed by atoms with van der Waals surface area (Å²) in [7, 11) is 0. The van der Waals surface area contributed by atoms with Gasteiger partial charge in [0, 0.05) is 11.4 Å². The molecule has 1 N–H and O–H groups in total. The number of amides is 1. The van der Waals surface area contributed by atoms with Crippen molar-refractivity contribution in [2.24, 2.45) is 5.92 Å². The molecule has 3 atom stereocenters. The monoisotopic (exact) mass is 370 g/mol. The second-order valence-corrected chi connectivity index (χ2v) is 8.67. The van der Waals surface area contributed by atoms with Gasteiger partial charge in [0.05, 0.1) is 24.0 Å². The van der Waals surface area contributed by atoms with Gasteiger partial charge in [-0.05, 0) is 32.6 Å². The lowest BCUT2D eigenvalue weighted by atomic mass is 9.86. The number of hydrogen-bond acceptors (Lipinski definition) is 6. The number of rotatable bonds is 7. The molecule has 0 aromatic carbocycles. The van der Waals surface area contributed by atoms with E-state index in [1.54, 1.807) is 6.92 Å². The van der Waals surface area contributed by atoms with Gasteiger partial charge in [0.1, 0.15) is 0 Å². The summed E-state index contributed by atoms with van der Waals surface area (Å²) in [5, 5.41) is 4.85. The van der Waals surface area contributed by atoms with Crippen LogP contribution in [0.5, 0.6) is 0 Å². The van der Waals surface area contributed by atoms with E-state index >= 15 is 0 Å². The minimum absolute atomic E-state index is 0.0703. The molecular formula is C17H26N2O3S2. The molecule has 0 bridgehead atoms. The number of esters is 1. The molecule has 5 nitrogen and oxygen atoms in total. The molecule has 1 amide bonds. The van der Waals surface area contributed by atoms with Gasteiger partial charge in [-0.3, -0.25) is 9.59 Å². The molecule has 134 valence electrons. The molecule has 0 spiro atoms. The molecule has 1 aliphatic rings. The van der Waals surface area contributed by atoms with Crippen molar-refractivity contribution in [2.45, 2.75) is 68.5 Å². The van der Waals surface area contributed by atoms with Gasteiger partial charge >= 0.3 is 5.97 Å². The third-order valence-electron chi connectivity index (χ3n) is 4.25. The van der Waals surface area contributed by atoms with E-state index in [1.165, 1.54) is 42.4 Å². The average Bonchev–Trinajstić information content (AvgIpc) is 2.96. The van der Waals surface area contributed by atoms with E-state index in [2.05, 4.69) is 17.2 Å². The summed E-state index contributed by atoms with van der Waals surface area (Å²) < 4.78 is 5.74. The third-order valence-corrected chi connectivity index (χ3v) is 6.37. The van der Waals surface area contributed by atoms with Crippen LogP contribution in [0.4, 0.5) is 0 Å². The molecule has 1 aliphatic carbocycles. The maximum Gasteiger partial charge on any atom is 0.311 e. The van der Waals surface area contributed by atoms with Crippen molar-refractivity contribution in [2.75, 3.05) is 6.61 Å². The van der Waals surface area contributed by atoms with Crippen LogP contribution in [0.25, 0.3) is 0 Å². The average molecular weight is 371 g/mol. The molecule has 0 radical (unpaired) electrons. The molecular weight excluding hydrogens is 344 g/mol. The summed E-state index contributed by atoms with van der Waals surface area (Å²) in [5.41, 5.74) is 0.703. The summed E-state index contributed by atoms with van der Waals surface area (Å²) in [6.07, 6.45) is 4.91. The van der Waals surface area contributed by atoms with E-state index in [0.29, 0.717) is 24.3 Å². The molecule has 0 aliphatic heterocycles. The van der Waals surface area contributed by atoms with Crippen LogP contribution in [0.1, 0.15) is 52.1 Å². The molecule has 1 aromatic rings. The Labute approximate surface area is 152 Å². The van der Waals surface area contributed by atoms with E-state index in [9.17, 15) is 9.59 Å². The number of thioether (sulfide) groups is 1. The van der Waals surface area contributed by atoms with E-state index in [1.807, 2.05) is 12.3 Å². The van der Waals surface area contributed by atoms with Crippen LogP contribution in [0.2, 0.25) is 0 Å². The van der Waals surface area contributed by atoms with Crippen LogP contribution >= 0.6 is 23.1 Å². The lowest BCUT2D eigenvalue weighted by Gasteiger charge is -2.30. The first-order valence-electron chi connectivity index (χ1n) is 8.56. The number of hydrogen-bond donors (Lipinski definition) is 1. The van der Waals surface area contributed by atoms with Gasteiger partial charge in [0.25, 0.3) is 0 Å². The molecule has 1 aromatic heterocycles. The number of carbonyl (C=O) groups excluding carboxylic acids is 2. The van der Waals surface area contributed by atoms with Gasteiger partial charge in [-0.15, -0.1) is 11.3 Å². The topological polar surface area (TPSA) is 68.3 Å². The maximum atomic E-state index is 12.4. The van der Waals surface area contributed by atoms with E-state index in [-0.39, 0.29) is 23.5 Å². The standard InChI is InChI=1S/C17H26N2O3S2/c1-4-22-15(20)9-13-10-23-17(18-13)24-12(3)16(21)19-14-8-6-5-7-11(14)2/h10-12,14H,4-9H2,1-3H3,(H,19,21)/t11-,12+,14-/m0/s1. The highest BCUT2D eigenvalue weighted by atomic mass is 32.2. The first kappa shape index (κ1) is 19.2. The molecule has 1 saturated carbocycles. The van der Waals surface area contributed by atoms with Crippen molar-refractivity contribution in [3.63, 3.8) is 0 Å². The zero-order valence-electron chi connectivity index (χ0n) is 14.5. The lowest BCUT2D eigenvalue weighted by molar-refractivity contribution is -0.142. The number of ether oxygens (including phenoxy) is 1. The van der Waals surface area contributed by atoms with Crippen molar-refractivity contribution in [1.29, 1.82) is 0 Å². The second-order valence-electron chi connectivity index (χ2n) is 6.22. The van der Waals surface area contributed by atoms with E-state index in [0.717, 1.165) is 10.8 Å². The Hall–Kier alpha value is -1.08. The van der Waals surface area contributed by atoms with Gasteiger partial charge in [-0.1, -0.05) is 31.5 Å². The van der Waals surface area contributed by atoms with Crippen LogP contribution in [-0.2, 0) is 20.7 Å². The van der Waals surface area contributed by atoms with Crippen LogP contribution in [0.15, 0.2) is 9.72 Å². The quantitative estimate of drug-likeness (QED) is 0.588. The highest BCUT2D eigenvalue weighted by Gasteiger charge is 2.25. The van der Waals surface area contributed by atoms with Gasteiger partial charge in [0.15, 0.2) is 4.34 Å². The first-order valence-corrected chi connectivity index (χ1v) is 10.3. The van der Waals surface area contributed by atoms with E-state index in [4.69, 9.17) is 4.74 Å². The van der Waals surface area contributed by atoms with Crippen LogP contribution in [0, 0.1) is 5.92 Å². The molecule has 1 heterocycles. The van der Waals surface area contributed by atoms with Crippen LogP contribution < -0.4 is 5.32 Å². The number of nitrogens with one attached hydrogen (secondary N) is 1. The zero-order chi connectivity index (χ0) is 17.5. The third kappa shape index (κ3) is 5.77. The molecule has 2 rings (SSSR count). The van der Waals surface area contributed by atoms with Gasteiger partial charge in [-0.25, -0.2) is 4.98 Å². The number of aromatic nitrogens is 1. The Morgan fingerprint density at radius 3 is 2.92 bits per heavy atom. The molecule has 0 saturated heterocycles. The Morgan fingerprint density at radius 2 is 2.21 bits per heavy atom. The SMILES string of the molecule is CCOC(=O)Cc1csc(S[C@H](C)C(=O)N[C@H]2CCCC[C@@H]2C)n1. The van der Waals surface area contributed by atoms with Crippen molar-refractivity contribution in [3.05, 3.63) is 11.1 Å². The van der Waals surface area contributed by atoms with Crippen molar-refractivity contribution < 1.29 is 14.3 Å². The largest absolute Gasteiger partial charge is 0.466 e. The normalized spacial score (nSPS) is 22.0.